The molecule has 1 atom stereocenters. The summed E-state index contributed by atoms with van der Waals surface area (Å²) < 4.78 is 0.947. The van der Waals surface area contributed by atoms with Crippen LogP contribution >= 0.6 is 34.4 Å². The van der Waals surface area contributed by atoms with Crippen molar-refractivity contribution >= 4 is 57.8 Å². The Kier molecular flexibility index (Phi) is 5.03. The second-order valence-corrected chi connectivity index (χ2v) is 6.81. The Hall–Kier alpha value is -1.09. The first-order valence-electron chi connectivity index (χ1n) is 5.95. The lowest BCUT2D eigenvalue weighted by atomic mass is 10.3. The van der Waals surface area contributed by atoms with Crippen LogP contribution in [0.3, 0.4) is 0 Å². The Morgan fingerprint density at radius 1 is 1.45 bits per heavy atom. The van der Waals surface area contributed by atoms with Crippen molar-refractivity contribution in [3.8, 4) is 0 Å². The third kappa shape index (κ3) is 3.51. The zero-order valence-corrected chi connectivity index (χ0v) is 13.4. The van der Waals surface area contributed by atoms with E-state index in [-0.39, 0.29) is 24.7 Å². The van der Waals surface area contributed by atoms with Crippen molar-refractivity contribution in [1.29, 1.82) is 0 Å². The third-order valence-electron chi connectivity index (χ3n) is 2.81. The number of rotatable bonds is 5. The van der Waals surface area contributed by atoms with Crippen LogP contribution in [-0.4, -0.2) is 33.9 Å². The van der Waals surface area contributed by atoms with Gasteiger partial charge in [0.05, 0.1) is 17.4 Å². The van der Waals surface area contributed by atoms with Crippen molar-refractivity contribution in [2.75, 3.05) is 10.7 Å². The highest BCUT2D eigenvalue weighted by atomic mass is 127. The first kappa shape index (κ1) is 15.3. The highest BCUT2D eigenvalue weighted by Gasteiger charge is 2.39. The third-order valence-corrected chi connectivity index (χ3v) is 4.69. The number of carboxylic acid groups (broad SMARTS) is 1. The zero-order chi connectivity index (χ0) is 14.7. The number of imide groups is 1. The second kappa shape index (κ2) is 6.57. The van der Waals surface area contributed by atoms with Crippen molar-refractivity contribution in [3.05, 3.63) is 27.8 Å². The maximum atomic E-state index is 12.2. The molecular formula is C13H12INO4S. The fraction of sp³-hybridized carbons (Fsp3) is 0.308. The minimum atomic E-state index is -0.899. The number of carboxylic acids is 1. The molecule has 0 aromatic heterocycles. The Balaban J connectivity index is 2.07. The molecular weight excluding hydrogens is 393 g/mol. The van der Waals surface area contributed by atoms with Crippen molar-refractivity contribution in [2.45, 2.75) is 18.1 Å². The lowest BCUT2D eigenvalue weighted by Crippen LogP contribution is -2.31. The van der Waals surface area contributed by atoms with Gasteiger partial charge in [-0.25, -0.2) is 4.90 Å². The second-order valence-electron chi connectivity index (χ2n) is 4.25. The van der Waals surface area contributed by atoms with Crippen LogP contribution in [0.1, 0.15) is 12.8 Å². The number of hydrogen-bond donors (Lipinski definition) is 1. The number of nitrogens with zero attached hydrogens (tertiary/aromatic N) is 1. The molecule has 1 aromatic carbocycles. The molecule has 1 aromatic rings. The van der Waals surface area contributed by atoms with E-state index in [1.807, 2.05) is 6.07 Å². The van der Waals surface area contributed by atoms with Crippen LogP contribution in [0.5, 0.6) is 0 Å². The summed E-state index contributed by atoms with van der Waals surface area (Å²) in [5.74, 6) is -1.06. The lowest BCUT2D eigenvalue weighted by molar-refractivity contribution is -0.136. The molecule has 2 rings (SSSR count). The molecule has 1 aliphatic rings. The maximum Gasteiger partial charge on any atom is 0.304 e. The van der Waals surface area contributed by atoms with E-state index in [4.69, 9.17) is 5.11 Å². The lowest BCUT2D eigenvalue weighted by Gasteiger charge is -2.15. The number of amides is 2. The molecule has 1 aliphatic heterocycles. The largest absolute Gasteiger partial charge is 0.481 e. The van der Waals surface area contributed by atoms with Gasteiger partial charge < -0.3 is 5.11 Å². The van der Waals surface area contributed by atoms with Gasteiger partial charge in [-0.1, -0.05) is 6.07 Å². The molecule has 0 aliphatic carbocycles. The van der Waals surface area contributed by atoms with Crippen molar-refractivity contribution in [3.63, 3.8) is 0 Å². The van der Waals surface area contributed by atoms with Crippen LogP contribution in [0.4, 0.5) is 5.69 Å². The Morgan fingerprint density at radius 2 is 2.20 bits per heavy atom. The number of thioether (sulfide) groups is 1. The van der Waals surface area contributed by atoms with Crippen LogP contribution in [0.2, 0.25) is 0 Å². The Labute approximate surface area is 133 Å². The van der Waals surface area contributed by atoms with Crippen LogP contribution < -0.4 is 4.90 Å². The molecule has 106 valence electrons. The van der Waals surface area contributed by atoms with Crippen LogP contribution in [0.25, 0.3) is 0 Å². The quantitative estimate of drug-likeness (QED) is 0.600. The van der Waals surface area contributed by atoms with Gasteiger partial charge in [0.1, 0.15) is 0 Å². The average molecular weight is 405 g/mol. The fourth-order valence-electron chi connectivity index (χ4n) is 1.91. The minimum absolute atomic E-state index is 0.00806. The van der Waals surface area contributed by atoms with Gasteiger partial charge in [-0.2, -0.15) is 0 Å². The van der Waals surface area contributed by atoms with Gasteiger partial charge in [0.2, 0.25) is 11.8 Å². The van der Waals surface area contributed by atoms with Crippen LogP contribution in [-0.2, 0) is 14.4 Å². The summed E-state index contributed by atoms with van der Waals surface area (Å²) in [5, 5.41) is 8.12. The summed E-state index contributed by atoms with van der Waals surface area (Å²) in [6.45, 7) is 0. The van der Waals surface area contributed by atoms with Gasteiger partial charge in [0.15, 0.2) is 0 Å². The number of aliphatic carboxylic acids is 1. The molecule has 0 radical (unpaired) electrons. The van der Waals surface area contributed by atoms with E-state index in [1.165, 1.54) is 16.7 Å². The van der Waals surface area contributed by atoms with E-state index in [9.17, 15) is 14.4 Å². The maximum absolute atomic E-state index is 12.2. The summed E-state index contributed by atoms with van der Waals surface area (Å²) in [6.07, 6.45) is 0.125. The highest BCUT2D eigenvalue weighted by Crippen LogP contribution is 2.30. The van der Waals surface area contributed by atoms with E-state index in [1.54, 1.807) is 18.2 Å². The molecule has 1 heterocycles. The summed E-state index contributed by atoms with van der Waals surface area (Å²) in [6, 6.07) is 7.18. The summed E-state index contributed by atoms with van der Waals surface area (Å²) in [4.78, 5) is 35.9. The van der Waals surface area contributed by atoms with Gasteiger partial charge >= 0.3 is 5.97 Å². The van der Waals surface area contributed by atoms with Crippen LogP contribution in [0, 0.1) is 3.57 Å². The molecule has 1 N–H and O–H groups in total. The SMILES string of the molecule is O=C(O)CCSC1CC(=O)N(c2cccc(I)c2)C1=O. The average Bonchev–Trinajstić information content (AvgIpc) is 2.64. The van der Waals surface area contributed by atoms with Crippen molar-refractivity contribution < 1.29 is 19.5 Å². The molecule has 0 saturated carbocycles. The number of benzene rings is 1. The Bertz CT molecular complexity index is 563. The highest BCUT2D eigenvalue weighted by molar-refractivity contribution is 14.1. The van der Waals surface area contributed by atoms with Gasteiger partial charge in [0, 0.05) is 15.7 Å². The minimum Gasteiger partial charge on any atom is -0.481 e. The fourth-order valence-corrected chi connectivity index (χ4v) is 3.52. The topological polar surface area (TPSA) is 74.7 Å². The van der Waals surface area contributed by atoms with E-state index < -0.39 is 11.2 Å². The predicted molar refractivity (Wildman–Crippen MR) is 84.8 cm³/mol. The van der Waals surface area contributed by atoms with Crippen molar-refractivity contribution in [2.24, 2.45) is 0 Å². The molecule has 0 bridgehead atoms. The Morgan fingerprint density at radius 3 is 2.85 bits per heavy atom. The summed E-state index contributed by atoms with van der Waals surface area (Å²) in [7, 11) is 0. The standard InChI is InChI=1S/C13H12INO4S/c14-8-2-1-3-9(6-8)15-11(16)7-10(13(15)19)20-5-4-12(17)18/h1-3,6,10H,4-5,7H2,(H,17,18). The molecule has 0 spiro atoms. The van der Waals surface area contributed by atoms with Gasteiger partial charge in [-0.15, -0.1) is 11.8 Å². The molecule has 5 nitrogen and oxygen atoms in total. The number of carbonyl (C=O) groups is 3. The van der Waals surface area contributed by atoms with Crippen LogP contribution in [0.15, 0.2) is 24.3 Å². The normalized spacial score (nSPS) is 18.6. The molecule has 1 saturated heterocycles. The predicted octanol–water partition coefficient (Wildman–Crippen LogP) is 2.13. The first-order valence-corrected chi connectivity index (χ1v) is 8.07. The molecule has 1 fully saturated rings. The van der Waals surface area contributed by atoms with E-state index >= 15 is 0 Å². The summed E-state index contributed by atoms with van der Waals surface area (Å²) in [5.41, 5.74) is 0.577. The number of halogens is 1. The molecule has 1 unspecified atom stereocenters. The van der Waals surface area contributed by atoms with E-state index in [2.05, 4.69) is 22.6 Å². The van der Waals surface area contributed by atoms with Gasteiger partial charge in [0.25, 0.3) is 0 Å². The summed E-state index contributed by atoms with van der Waals surface area (Å²) >= 11 is 3.35. The number of hydrogen-bond acceptors (Lipinski definition) is 4. The molecule has 2 amide bonds. The zero-order valence-electron chi connectivity index (χ0n) is 10.4. The van der Waals surface area contributed by atoms with Gasteiger partial charge in [-0.05, 0) is 40.8 Å². The van der Waals surface area contributed by atoms with E-state index in [0.717, 1.165) is 3.57 Å². The monoisotopic (exact) mass is 405 g/mol. The smallest absolute Gasteiger partial charge is 0.304 e. The number of carbonyl (C=O) groups excluding carboxylic acids is 2. The van der Waals surface area contributed by atoms with Crippen molar-refractivity contribution in [1.82, 2.24) is 0 Å². The van der Waals surface area contributed by atoms with E-state index in [0.29, 0.717) is 11.4 Å². The molecule has 7 heteroatoms. The number of anilines is 1. The van der Waals surface area contributed by atoms with Gasteiger partial charge in [-0.3, -0.25) is 14.4 Å². The molecule has 20 heavy (non-hydrogen) atoms. The first-order chi connectivity index (χ1) is 9.49.